The molecule has 6 heteroatoms. The third-order valence-corrected chi connectivity index (χ3v) is 6.96. The first-order chi connectivity index (χ1) is 15.1. The fourth-order valence-electron chi connectivity index (χ4n) is 5.45. The highest BCUT2D eigenvalue weighted by Crippen LogP contribution is 2.41. The molecule has 6 nitrogen and oxygen atoms in total. The quantitative estimate of drug-likeness (QED) is 0.554. The Bertz CT molecular complexity index is 1060. The number of fused-ring (bicyclic) bond motifs is 2. The maximum absolute atomic E-state index is 13.0. The van der Waals surface area contributed by atoms with Crippen molar-refractivity contribution in [1.82, 2.24) is 10.3 Å². The largest absolute Gasteiger partial charge is 0.481 e. The van der Waals surface area contributed by atoms with Crippen LogP contribution in [0, 0.1) is 0 Å². The van der Waals surface area contributed by atoms with Crippen LogP contribution in [0.3, 0.4) is 0 Å². The molecule has 31 heavy (non-hydrogen) atoms. The van der Waals surface area contributed by atoms with Gasteiger partial charge in [0.05, 0.1) is 5.57 Å². The Morgan fingerprint density at radius 2 is 1.97 bits per heavy atom. The molecule has 0 atom stereocenters. The van der Waals surface area contributed by atoms with E-state index in [1.165, 1.54) is 16.8 Å². The van der Waals surface area contributed by atoms with Crippen molar-refractivity contribution in [2.75, 3.05) is 18.4 Å². The maximum Gasteiger partial charge on any atom is 0.303 e. The van der Waals surface area contributed by atoms with Gasteiger partial charge in [-0.15, -0.1) is 0 Å². The van der Waals surface area contributed by atoms with Crippen LogP contribution in [0.5, 0.6) is 0 Å². The first-order valence-electron chi connectivity index (χ1n) is 11.4. The minimum absolute atomic E-state index is 0.0758. The number of H-pyrrole nitrogens is 1. The first-order valence-corrected chi connectivity index (χ1v) is 11.4. The van der Waals surface area contributed by atoms with E-state index in [2.05, 4.69) is 21.7 Å². The Morgan fingerprint density at radius 1 is 1.16 bits per heavy atom. The van der Waals surface area contributed by atoms with E-state index in [9.17, 15) is 14.7 Å². The second-order valence-electron chi connectivity index (χ2n) is 8.88. The number of anilines is 1. The van der Waals surface area contributed by atoms with Gasteiger partial charge in [0.2, 0.25) is 0 Å². The van der Waals surface area contributed by atoms with E-state index < -0.39 is 5.97 Å². The van der Waals surface area contributed by atoms with Crippen molar-refractivity contribution in [3.63, 3.8) is 0 Å². The number of nitrogens with one attached hydrogen (secondary N) is 3. The highest BCUT2D eigenvalue weighted by Gasteiger charge is 2.31. The van der Waals surface area contributed by atoms with E-state index in [4.69, 9.17) is 0 Å². The lowest BCUT2D eigenvalue weighted by Gasteiger charge is -2.25. The molecule has 162 valence electrons. The third-order valence-electron chi connectivity index (χ3n) is 6.96. The summed E-state index contributed by atoms with van der Waals surface area (Å²) >= 11 is 0. The number of aromatic amines is 1. The van der Waals surface area contributed by atoms with E-state index in [0.29, 0.717) is 17.9 Å². The van der Waals surface area contributed by atoms with E-state index in [-0.39, 0.29) is 12.3 Å². The molecule has 0 bridgehead atoms. The van der Waals surface area contributed by atoms with Crippen LogP contribution in [-0.2, 0) is 28.9 Å². The molecule has 0 spiro atoms. The maximum atomic E-state index is 13.0. The molecule has 2 aliphatic heterocycles. The SMILES string of the molecule is O=C(O)CCc1c(C=C2C(=O)Nc3cccc(C4CCNCC4)c32)[nH]c2c1CCCC2. The Hall–Kier alpha value is -2.86. The molecule has 3 aliphatic rings. The molecule has 0 unspecified atom stereocenters. The number of carbonyl (C=O) groups excluding carboxylic acids is 1. The predicted molar refractivity (Wildman–Crippen MR) is 121 cm³/mol. The predicted octanol–water partition coefficient (Wildman–Crippen LogP) is 3.87. The number of carbonyl (C=O) groups is 2. The fraction of sp³-hybridized carbons (Fsp3) is 0.440. The number of piperidine rings is 1. The molecule has 5 rings (SSSR count). The number of benzene rings is 1. The van der Waals surface area contributed by atoms with Gasteiger partial charge < -0.3 is 20.7 Å². The average molecular weight is 420 g/mol. The summed E-state index contributed by atoms with van der Waals surface area (Å²) < 4.78 is 0. The van der Waals surface area contributed by atoms with E-state index in [1.807, 2.05) is 18.2 Å². The third kappa shape index (κ3) is 3.81. The second kappa shape index (κ2) is 8.35. The van der Waals surface area contributed by atoms with E-state index in [1.54, 1.807) is 0 Å². The number of aliphatic carboxylic acids is 1. The number of hydrogen-bond acceptors (Lipinski definition) is 3. The van der Waals surface area contributed by atoms with Gasteiger partial charge in [-0.1, -0.05) is 12.1 Å². The summed E-state index contributed by atoms with van der Waals surface area (Å²) in [6.07, 6.45) is 8.94. The standard InChI is InChI=1S/C25H29N3O3/c29-23(30)9-8-18-17-4-1-2-6-20(17)27-22(18)14-19-24-16(15-10-12-26-13-11-15)5-3-7-21(24)28-25(19)31/h3,5,7,14-15,26-27H,1-2,4,6,8-13H2,(H,28,31)(H,29,30). The Balaban J connectivity index is 1.59. The van der Waals surface area contributed by atoms with Crippen LogP contribution in [0.1, 0.15) is 71.7 Å². The van der Waals surface area contributed by atoms with Gasteiger partial charge >= 0.3 is 5.97 Å². The lowest BCUT2D eigenvalue weighted by Crippen LogP contribution is -2.27. The van der Waals surface area contributed by atoms with Crippen molar-refractivity contribution in [3.05, 3.63) is 51.8 Å². The highest BCUT2D eigenvalue weighted by molar-refractivity contribution is 6.35. The van der Waals surface area contributed by atoms with Gasteiger partial charge in [-0.05, 0) is 92.8 Å². The molecule has 1 amide bonds. The highest BCUT2D eigenvalue weighted by atomic mass is 16.4. The number of aromatic nitrogens is 1. The summed E-state index contributed by atoms with van der Waals surface area (Å²) in [6, 6.07) is 6.17. The van der Waals surface area contributed by atoms with Crippen molar-refractivity contribution in [2.24, 2.45) is 0 Å². The van der Waals surface area contributed by atoms with Gasteiger partial charge in [0.15, 0.2) is 0 Å². The van der Waals surface area contributed by atoms with Gasteiger partial charge in [0, 0.05) is 29.1 Å². The Labute approximate surface area is 182 Å². The van der Waals surface area contributed by atoms with Crippen molar-refractivity contribution in [2.45, 2.75) is 57.3 Å². The molecular formula is C25H29N3O3. The normalized spacial score (nSPS) is 19.9. The summed E-state index contributed by atoms with van der Waals surface area (Å²) in [7, 11) is 0. The molecular weight excluding hydrogens is 390 g/mol. The van der Waals surface area contributed by atoms with Crippen LogP contribution in [0.25, 0.3) is 11.6 Å². The van der Waals surface area contributed by atoms with Crippen LogP contribution in [0.15, 0.2) is 18.2 Å². The van der Waals surface area contributed by atoms with Gasteiger partial charge in [-0.25, -0.2) is 0 Å². The second-order valence-corrected chi connectivity index (χ2v) is 8.88. The first kappa shape index (κ1) is 20.1. The number of carboxylic acids is 1. The summed E-state index contributed by atoms with van der Waals surface area (Å²) in [5, 5.41) is 15.7. The summed E-state index contributed by atoms with van der Waals surface area (Å²) in [5.41, 5.74) is 8.31. The molecule has 4 N–H and O–H groups in total. The molecule has 2 aromatic rings. The topological polar surface area (TPSA) is 94.2 Å². The van der Waals surface area contributed by atoms with E-state index >= 15 is 0 Å². The van der Waals surface area contributed by atoms with Crippen LogP contribution < -0.4 is 10.6 Å². The van der Waals surface area contributed by atoms with Crippen LogP contribution in [0.2, 0.25) is 0 Å². The molecule has 0 saturated carbocycles. The van der Waals surface area contributed by atoms with Crippen molar-refractivity contribution >= 4 is 29.2 Å². The smallest absolute Gasteiger partial charge is 0.303 e. The minimum atomic E-state index is -0.790. The van der Waals surface area contributed by atoms with Crippen LogP contribution in [-0.4, -0.2) is 35.1 Å². The fourth-order valence-corrected chi connectivity index (χ4v) is 5.45. The van der Waals surface area contributed by atoms with Crippen LogP contribution >= 0.6 is 0 Å². The van der Waals surface area contributed by atoms with Gasteiger partial charge in [0.1, 0.15) is 0 Å². The molecule has 1 aromatic heterocycles. The summed E-state index contributed by atoms with van der Waals surface area (Å²) in [6.45, 7) is 1.99. The van der Waals surface area contributed by atoms with Crippen LogP contribution in [0.4, 0.5) is 5.69 Å². The zero-order valence-corrected chi connectivity index (χ0v) is 17.7. The summed E-state index contributed by atoms with van der Waals surface area (Å²) in [4.78, 5) is 27.8. The molecule has 1 aromatic carbocycles. The Kier molecular flexibility index (Phi) is 5.40. The molecule has 1 saturated heterocycles. The number of carboxylic acid groups (broad SMARTS) is 1. The monoisotopic (exact) mass is 419 g/mol. The van der Waals surface area contributed by atoms with Gasteiger partial charge in [0.25, 0.3) is 5.91 Å². The lowest BCUT2D eigenvalue weighted by molar-refractivity contribution is -0.137. The molecule has 1 aliphatic carbocycles. The zero-order chi connectivity index (χ0) is 21.4. The molecule has 0 radical (unpaired) electrons. The number of hydrogen-bond donors (Lipinski definition) is 4. The minimum Gasteiger partial charge on any atom is -0.481 e. The number of amides is 1. The number of aryl methyl sites for hydroxylation is 1. The average Bonchev–Trinajstić information content (AvgIpc) is 3.29. The van der Waals surface area contributed by atoms with E-state index in [0.717, 1.165) is 74.1 Å². The summed E-state index contributed by atoms with van der Waals surface area (Å²) in [5.74, 6) is -0.426. The molecule has 3 heterocycles. The lowest BCUT2D eigenvalue weighted by atomic mass is 9.84. The zero-order valence-electron chi connectivity index (χ0n) is 17.7. The Morgan fingerprint density at radius 3 is 2.77 bits per heavy atom. The van der Waals surface area contributed by atoms with Gasteiger partial charge in [-0.3, -0.25) is 9.59 Å². The molecule has 1 fully saturated rings. The van der Waals surface area contributed by atoms with Crippen molar-refractivity contribution in [1.29, 1.82) is 0 Å². The van der Waals surface area contributed by atoms with Gasteiger partial charge in [-0.2, -0.15) is 0 Å². The van der Waals surface area contributed by atoms with Crippen molar-refractivity contribution < 1.29 is 14.7 Å². The van der Waals surface area contributed by atoms with Crippen molar-refractivity contribution in [3.8, 4) is 0 Å². The number of rotatable bonds is 5.